The number of hydrogen-bond donors (Lipinski definition) is 1. The van der Waals surface area contributed by atoms with E-state index in [-0.39, 0.29) is 35.2 Å². The molecule has 0 aromatic carbocycles. The number of ketones is 1. The molecule has 6 aliphatic rings. The number of aliphatic hydroxyl groups is 1. The lowest BCUT2D eigenvalue weighted by Gasteiger charge is -2.59. The van der Waals surface area contributed by atoms with E-state index in [1.54, 1.807) is 0 Å². The lowest BCUT2D eigenvalue weighted by Crippen LogP contribution is -2.61. The van der Waals surface area contributed by atoms with Crippen molar-refractivity contribution < 1.29 is 24.2 Å². The van der Waals surface area contributed by atoms with Gasteiger partial charge < -0.3 is 14.6 Å². The van der Waals surface area contributed by atoms with Gasteiger partial charge in [0.1, 0.15) is 17.5 Å². The molecule has 0 aromatic rings. The molecule has 2 heterocycles. The Hall–Kier alpha value is -1.72. The van der Waals surface area contributed by atoms with Gasteiger partial charge in [0.05, 0.1) is 23.7 Å². The monoisotopic (exact) mass is 452 g/mol. The molecular formula is C28H36O5. The van der Waals surface area contributed by atoms with Gasteiger partial charge in [-0.25, -0.2) is 4.79 Å². The minimum atomic E-state index is -0.639. The highest BCUT2D eigenvalue weighted by Crippen LogP contribution is 2.67. The lowest BCUT2D eigenvalue weighted by atomic mass is 9.46. The van der Waals surface area contributed by atoms with Crippen molar-refractivity contribution in [3.05, 3.63) is 36.0 Å². The summed E-state index contributed by atoms with van der Waals surface area (Å²) in [7, 11) is 0. The van der Waals surface area contributed by atoms with Crippen molar-refractivity contribution in [3.8, 4) is 0 Å². The Morgan fingerprint density at radius 1 is 1.09 bits per heavy atom. The fraction of sp³-hybridized carbons (Fsp3) is 0.714. The Morgan fingerprint density at radius 3 is 2.58 bits per heavy atom. The van der Waals surface area contributed by atoms with E-state index in [2.05, 4.69) is 32.6 Å². The number of carbonyl (C=O) groups excluding carboxylic acids is 2. The van der Waals surface area contributed by atoms with Crippen molar-refractivity contribution in [1.82, 2.24) is 0 Å². The summed E-state index contributed by atoms with van der Waals surface area (Å²) in [4.78, 5) is 25.6. The predicted molar refractivity (Wildman–Crippen MR) is 123 cm³/mol. The first-order valence-electron chi connectivity index (χ1n) is 12.7. The van der Waals surface area contributed by atoms with Crippen molar-refractivity contribution in [2.45, 2.75) is 77.1 Å². The SMILES string of the molecule is C=C1C(=O)O[C@@H]2C[C@@]1(C)OC[C@H]2C1CCC2C3CC=C4C=CCC(=O)C4(C)C3C[C@@H](O)C21C. The standard InChI is InChI=1S/C28H36O5/c1-15-25(31)33-22-13-26(15,2)32-14-18(22)20-11-10-19-17-9-8-16-6-5-7-23(29)27(16,3)21(17)12-24(30)28(19,20)4/h5-6,8,17-22,24,30H,1,7,9-14H2,2-4H3/t17?,18-,19?,20?,21?,22+,24+,26+,27?,28?/m0/s1. The number of Topliss-reactive ketones (excluding diaryl/α,β-unsaturated/α-hetero) is 1. The minimum absolute atomic E-state index is 0.0841. The first kappa shape index (κ1) is 21.8. The molecule has 6 rings (SSSR count). The van der Waals surface area contributed by atoms with Gasteiger partial charge in [-0.15, -0.1) is 0 Å². The summed E-state index contributed by atoms with van der Waals surface area (Å²) in [5.41, 5.74) is 0.184. The molecule has 2 saturated heterocycles. The van der Waals surface area contributed by atoms with Gasteiger partial charge in [0.2, 0.25) is 0 Å². The van der Waals surface area contributed by atoms with E-state index in [0.717, 1.165) is 24.8 Å². The molecule has 0 spiro atoms. The highest BCUT2D eigenvalue weighted by Gasteiger charge is 2.65. The number of fused-ring (bicyclic) bond motifs is 7. The molecule has 0 radical (unpaired) electrons. The largest absolute Gasteiger partial charge is 0.458 e. The molecule has 2 saturated carbocycles. The fourth-order valence-electron chi connectivity index (χ4n) is 8.97. The van der Waals surface area contributed by atoms with Gasteiger partial charge in [-0.05, 0) is 74.2 Å². The molecule has 33 heavy (non-hydrogen) atoms. The van der Waals surface area contributed by atoms with E-state index in [1.807, 2.05) is 13.0 Å². The summed E-state index contributed by atoms with van der Waals surface area (Å²) in [6.45, 7) is 10.8. The third-order valence-corrected chi connectivity index (χ3v) is 11.1. The quantitative estimate of drug-likeness (QED) is 0.478. The zero-order valence-electron chi connectivity index (χ0n) is 20.0. The smallest absolute Gasteiger partial charge is 0.336 e. The number of allylic oxidation sites excluding steroid dienone is 4. The Kier molecular flexibility index (Phi) is 4.56. The summed E-state index contributed by atoms with van der Waals surface area (Å²) in [5.74, 6) is 1.20. The lowest BCUT2D eigenvalue weighted by molar-refractivity contribution is -0.208. The number of esters is 1. The van der Waals surface area contributed by atoms with E-state index in [0.29, 0.717) is 49.1 Å². The van der Waals surface area contributed by atoms with Crippen LogP contribution in [-0.4, -0.2) is 41.3 Å². The Labute approximate surface area is 196 Å². The van der Waals surface area contributed by atoms with Crippen molar-refractivity contribution in [2.24, 2.45) is 40.4 Å². The highest BCUT2D eigenvalue weighted by atomic mass is 16.6. The van der Waals surface area contributed by atoms with Gasteiger partial charge in [-0.3, -0.25) is 4.79 Å². The van der Waals surface area contributed by atoms with Crippen LogP contribution < -0.4 is 0 Å². The average Bonchev–Trinajstić information content (AvgIpc) is 3.13. The summed E-state index contributed by atoms with van der Waals surface area (Å²) in [5, 5.41) is 11.7. The van der Waals surface area contributed by atoms with Crippen molar-refractivity contribution in [1.29, 1.82) is 0 Å². The topological polar surface area (TPSA) is 72.8 Å². The Balaban J connectivity index is 1.33. The van der Waals surface area contributed by atoms with Crippen molar-refractivity contribution in [2.75, 3.05) is 6.61 Å². The van der Waals surface area contributed by atoms with E-state index in [4.69, 9.17) is 9.47 Å². The number of rotatable bonds is 1. The van der Waals surface area contributed by atoms with Gasteiger partial charge in [0, 0.05) is 18.8 Å². The van der Waals surface area contributed by atoms with Crippen LogP contribution in [0.5, 0.6) is 0 Å². The van der Waals surface area contributed by atoms with E-state index in [9.17, 15) is 14.7 Å². The van der Waals surface area contributed by atoms with Crippen LogP contribution in [-0.2, 0) is 19.1 Å². The number of carbonyl (C=O) groups is 2. The molecular weight excluding hydrogens is 416 g/mol. The minimum Gasteiger partial charge on any atom is -0.458 e. The van der Waals surface area contributed by atoms with Crippen LogP contribution in [0.3, 0.4) is 0 Å². The van der Waals surface area contributed by atoms with E-state index in [1.165, 1.54) is 0 Å². The maximum atomic E-state index is 13.2. The molecule has 178 valence electrons. The number of hydrogen-bond acceptors (Lipinski definition) is 5. The molecule has 4 fully saturated rings. The van der Waals surface area contributed by atoms with Gasteiger partial charge in [-0.2, -0.15) is 0 Å². The third-order valence-electron chi connectivity index (χ3n) is 11.1. The zero-order chi connectivity index (χ0) is 23.3. The highest BCUT2D eigenvalue weighted by molar-refractivity contribution is 5.92. The van der Waals surface area contributed by atoms with Gasteiger partial charge >= 0.3 is 5.97 Å². The van der Waals surface area contributed by atoms with Gasteiger partial charge in [0.15, 0.2) is 0 Å². The van der Waals surface area contributed by atoms with E-state index < -0.39 is 17.1 Å². The maximum Gasteiger partial charge on any atom is 0.336 e. The molecule has 1 N–H and O–H groups in total. The normalized spacial score (nSPS) is 53.0. The average molecular weight is 453 g/mol. The second-order valence-corrected chi connectivity index (χ2v) is 12.1. The van der Waals surface area contributed by atoms with Gasteiger partial charge in [0.25, 0.3) is 0 Å². The predicted octanol–water partition coefficient (Wildman–Crippen LogP) is 4.16. The van der Waals surface area contributed by atoms with Crippen molar-refractivity contribution in [3.63, 3.8) is 0 Å². The van der Waals surface area contributed by atoms with Crippen LogP contribution in [0.15, 0.2) is 36.0 Å². The molecule has 5 heteroatoms. The fourth-order valence-corrected chi connectivity index (χ4v) is 8.97. The summed E-state index contributed by atoms with van der Waals surface area (Å²) < 4.78 is 12.1. The molecule has 0 aromatic heterocycles. The van der Waals surface area contributed by atoms with E-state index >= 15 is 0 Å². The first-order chi connectivity index (χ1) is 15.6. The molecule has 6 unspecified atom stereocenters. The van der Waals surface area contributed by atoms with Crippen LogP contribution in [0, 0.1) is 40.4 Å². The molecule has 2 bridgehead atoms. The first-order valence-corrected chi connectivity index (χ1v) is 12.7. The molecule has 4 aliphatic carbocycles. The Bertz CT molecular complexity index is 994. The van der Waals surface area contributed by atoms with Crippen LogP contribution in [0.4, 0.5) is 0 Å². The van der Waals surface area contributed by atoms with Crippen LogP contribution >= 0.6 is 0 Å². The zero-order valence-corrected chi connectivity index (χ0v) is 20.0. The molecule has 0 amide bonds. The molecule has 10 atom stereocenters. The molecule has 5 nitrogen and oxygen atoms in total. The van der Waals surface area contributed by atoms with Gasteiger partial charge in [-0.1, -0.05) is 31.7 Å². The summed E-state index contributed by atoms with van der Waals surface area (Å²) in [6.07, 6.45) is 10.6. The third kappa shape index (κ3) is 2.67. The Morgan fingerprint density at radius 2 is 1.82 bits per heavy atom. The second-order valence-electron chi connectivity index (χ2n) is 12.1. The molecule has 2 aliphatic heterocycles. The number of aliphatic hydroxyl groups excluding tert-OH is 1. The van der Waals surface area contributed by atoms with Crippen molar-refractivity contribution >= 4 is 11.8 Å². The van der Waals surface area contributed by atoms with Crippen LogP contribution in [0.2, 0.25) is 0 Å². The van der Waals surface area contributed by atoms with Crippen LogP contribution in [0.1, 0.15) is 59.3 Å². The summed E-state index contributed by atoms with van der Waals surface area (Å²) in [6, 6.07) is 0. The van der Waals surface area contributed by atoms with Crippen LogP contribution in [0.25, 0.3) is 0 Å². The maximum absolute atomic E-state index is 13.2. The number of ether oxygens (including phenoxy) is 2. The summed E-state index contributed by atoms with van der Waals surface area (Å²) >= 11 is 0. The second kappa shape index (κ2) is 6.91.